The quantitative estimate of drug-likeness (QED) is 0.640. The van der Waals surface area contributed by atoms with E-state index < -0.39 is 0 Å². The van der Waals surface area contributed by atoms with Crippen molar-refractivity contribution in [3.63, 3.8) is 0 Å². The predicted octanol–water partition coefficient (Wildman–Crippen LogP) is 4.81. The molecule has 4 heteroatoms. The Morgan fingerprint density at radius 2 is 1.77 bits per heavy atom. The van der Waals surface area contributed by atoms with Crippen molar-refractivity contribution in [1.29, 1.82) is 0 Å². The summed E-state index contributed by atoms with van der Waals surface area (Å²) in [7, 11) is 1.67. The van der Waals surface area contributed by atoms with Crippen molar-refractivity contribution >= 4 is 22.6 Å². The summed E-state index contributed by atoms with van der Waals surface area (Å²) < 4.78 is 18.0. The molecule has 1 fully saturated rings. The second-order valence-corrected chi connectivity index (χ2v) is 6.56. The van der Waals surface area contributed by atoms with E-state index in [0.29, 0.717) is 12.7 Å². The van der Waals surface area contributed by atoms with Crippen LogP contribution in [0.15, 0.2) is 42.5 Å². The maximum atomic E-state index is 5.95. The first kappa shape index (κ1) is 15.5. The number of rotatable bonds is 6. The topological polar surface area (TPSA) is 27.7 Å². The van der Waals surface area contributed by atoms with E-state index in [9.17, 15) is 0 Å². The summed E-state index contributed by atoms with van der Waals surface area (Å²) in [6.45, 7) is 0.545. The van der Waals surface area contributed by atoms with Gasteiger partial charge in [0.1, 0.15) is 23.9 Å². The van der Waals surface area contributed by atoms with Crippen molar-refractivity contribution in [1.82, 2.24) is 0 Å². The molecule has 3 nitrogen and oxygen atoms in total. The summed E-state index contributed by atoms with van der Waals surface area (Å²) in [5.41, 5.74) is 1.12. The SMILES string of the molecule is COc1ccc(COc2ccc(OC3CCC3)c(I)c2)cc1. The minimum absolute atomic E-state index is 0.402. The minimum atomic E-state index is 0.402. The van der Waals surface area contributed by atoms with Crippen LogP contribution >= 0.6 is 22.6 Å². The number of hydrogen-bond donors (Lipinski definition) is 0. The van der Waals surface area contributed by atoms with Crippen LogP contribution in [0.5, 0.6) is 17.2 Å². The standard InChI is InChI=1S/C18H19IO3/c1-20-14-7-5-13(6-8-14)12-21-16-9-10-18(17(19)11-16)22-15-3-2-4-15/h5-11,15H,2-4,12H2,1H3. The molecule has 0 spiro atoms. The van der Waals surface area contributed by atoms with Gasteiger partial charge >= 0.3 is 0 Å². The van der Waals surface area contributed by atoms with Gasteiger partial charge in [0.05, 0.1) is 16.8 Å². The van der Waals surface area contributed by atoms with Gasteiger partial charge in [-0.3, -0.25) is 0 Å². The predicted molar refractivity (Wildman–Crippen MR) is 94.8 cm³/mol. The van der Waals surface area contributed by atoms with Gasteiger partial charge in [0.25, 0.3) is 0 Å². The number of benzene rings is 2. The summed E-state index contributed by atoms with van der Waals surface area (Å²) in [5, 5.41) is 0. The van der Waals surface area contributed by atoms with Crippen LogP contribution in [0.3, 0.4) is 0 Å². The Hall–Kier alpha value is -1.43. The highest BCUT2D eigenvalue weighted by atomic mass is 127. The van der Waals surface area contributed by atoms with E-state index >= 15 is 0 Å². The number of ether oxygens (including phenoxy) is 3. The molecule has 0 unspecified atom stereocenters. The Morgan fingerprint density at radius 3 is 2.36 bits per heavy atom. The first-order valence-corrected chi connectivity index (χ1v) is 8.54. The Kier molecular flexibility index (Phi) is 5.08. The lowest BCUT2D eigenvalue weighted by molar-refractivity contribution is 0.119. The highest BCUT2D eigenvalue weighted by molar-refractivity contribution is 14.1. The molecule has 0 aliphatic heterocycles. The maximum absolute atomic E-state index is 5.95. The summed E-state index contributed by atoms with van der Waals surface area (Å²) in [5.74, 6) is 2.68. The van der Waals surface area contributed by atoms with E-state index in [2.05, 4.69) is 22.6 Å². The summed E-state index contributed by atoms with van der Waals surface area (Å²) >= 11 is 2.30. The first-order valence-electron chi connectivity index (χ1n) is 7.46. The van der Waals surface area contributed by atoms with E-state index in [4.69, 9.17) is 14.2 Å². The van der Waals surface area contributed by atoms with Crippen LogP contribution in [-0.4, -0.2) is 13.2 Å². The summed E-state index contributed by atoms with van der Waals surface area (Å²) in [6.07, 6.45) is 4.03. The third kappa shape index (κ3) is 3.85. The first-order chi connectivity index (χ1) is 10.7. The zero-order chi connectivity index (χ0) is 15.4. The van der Waals surface area contributed by atoms with Gasteiger partial charge in [-0.25, -0.2) is 0 Å². The Labute approximate surface area is 144 Å². The van der Waals surface area contributed by atoms with Gasteiger partial charge in [-0.2, -0.15) is 0 Å². The molecule has 116 valence electrons. The third-order valence-corrected chi connectivity index (χ3v) is 4.66. The van der Waals surface area contributed by atoms with Crippen LogP contribution < -0.4 is 14.2 Å². The molecule has 0 radical (unpaired) electrons. The molecular weight excluding hydrogens is 391 g/mol. The fraction of sp³-hybridized carbons (Fsp3) is 0.333. The van der Waals surface area contributed by atoms with Crippen molar-refractivity contribution in [3.8, 4) is 17.2 Å². The summed E-state index contributed by atoms with van der Waals surface area (Å²) in [4.78, 5) is 0. The van der Waals surface area contributed by atoms with E-state index in [-0.39, 0.29) is 0 Å². The molecule has 1 aliphatic carbocycles. The second-order valence-electron chi connectivity index (χ2n) is 5.40. The van der Waals surface area contributed by atoms with Crippen LogP contribution in [0.25, 0.3) is 0 Å². The number of hydrogen-bond acceptors (Lipinski definition) is 3. The van der Waals surface area contributed by atoms with Gasteiger partial charge in [0, 0.05) is 0 Å². The van der Waals surface area contributed by atoms with Crippen LogP contribution in [0.1, 0.15) is 24.8 Å². The fourth-order valence-electron chi connectivity index (χ4n) is 2.22. The summed E-state index contributed by atoms with van der Waals surface area (Å²) in [6, 6.07) is 13.9. The lowest BCUT2D eigenvalue weighted by atomic mass is 9.96. The van der Waals surface area contributed by atoms with Crippen LogP contribution in [0, 0.1) is 3.57 Å². The van der Waals surface area contributed by atoms with Gasteiger partial charge in [0.15, 0.2) is 0 Å². The zero-order valence-corrected chi connectivity index (χ0v) is 14.7. The molecule has 1 saturated carbocycles. The molecule has 0 N–H and O–H groups in total. The second kappa shape index (κ2) is 7.22. The van der Waals surface area contributed by atoms with Crippen molar-refractivity contribution in [2.75, 3.05) is 7.11 Å². The van der Waals surface area contributed by atoms with Gasteiger partial charge in [-0.05, 0) is 77.7 Å². The Bertz CT molecular complexity index is 621. The average molecular weight is 410 g/mol. The van der Waals surface area contributed by atoms with Crippen LogP contribution in [-0.2, 0) is 6.61 Å². The van der Waals surface area contributed by atoms with Gasteiger partial charge in [-0.15, -0.1) is 0 Å². The average Bonchev–Trinajstić information content (AvgIpc) is 2.51. The number of halogens is 1. The van der Waals surface area contributed by atoms with E-state index in [1.807, 2.05) is 42.5 Å². The monoisotopic (exact) mass is 410 g/mol. The van der Waals surface area contributed by atoms with Gasteiger partial charge in [-0.1, -0.05) is 12.1 Å². The molecular formula is C18H19IO3. The molecule has 1 aliphatic rings. The van der Waals surface area contributed by atoms with Crippen LogP contribution in [0.4, 0.5) is 0 Å². The molecule has 2 aromatic rings. The molecule has 3 rings (SSSR count). The highest BCUT2D eigenvalue weighted by Gasteiger charge is 2.20. The van der Waals surface area contributed by atoms with Crippen molar-refractivity contribution in [2.24, 2.45) is 0 Å². The van der Waals surface area contributed by atoms with Gasteiger partial charge in [0.2, 0.25) is 0 Å². The highest BCUT2D eigenvalue weighted by Crippen LogP contribution is 2.31. The largest absolute Gasteiger partial charge is 0.497 e. The zero-order valence-electron chi connectivity index (χ0n) is 12.5. The minimum Gasteiger partial charge on any atom is -0.497 e. The Balaban J connectivity index is 1.58. The van der Waals surface area contributed by atoms with Crippen molar-refractivity contribution < 1.29 is 14.2 Å². The smallest absolute Gasteiger partial charge is 0.133 e. The molecule has 0 amide bonds. The molecule has 0 bridgehead atoms. The number of methoxy groups -OCH3 is 1. The van der Waals surface area contributed by atoms with Gasteiger partial charge < -0.3 is 14.2 Å². The van der Waals surface area contributed by atoms with E-state index in [1.54, 1.807) is 7.11 Å². The molecule has 0 heterocycles. The third-order valence-electron chi connectivity index (χ3n) is 3.81. The van der Waals surface area contributed by atoms with Crippen molar-refractivity contribution in [3.05, 3.63) is 51.6 Å². The fourth-order valence-corrected chi connectivity index (χ4v) is 2.84. The molecule has 0 atom stereocenters. The van der Waals surface area contributed by atoms with E-state index in [1.165, 1.54) is 19.3 Å². The molecule has 2 aromatic carbocycles. The molecule has 0 aromatic heterocycles. The van der Waals surface area contributed by atoms with Crippen molar-refractivity contribution in [2.45, 2.75) is 32.0 Å². The lowest BCUT2D eigenvalue weighted by Crippen LogP contribution is -2.24. The maximum Gasteiger partial charge on any atom is 0.133 e. The normalized spacial score (nSPS) is 14.3. The molecule has 22 heavy (non-hydrogen) atoms. The Morgan fingerprint density at radius 1 is 1.05 bits per heavy atom. The van der Waals surface area contributed by atoms with Crippen LogP contribution in [0.2, 0.25) is 0 Å². The van der Waals surface area contributed by atoms with E-state index in [0.717, 1.165) is 26.4 Å². The molecule has 0 saturated heterocycles. The lowest BCUT2D eigenvalue weighted by Gasteiger charge is -2.27.